The third-order valence-electron chi connectivity index (χ3n) is 12.0. The molecule has 0 rings (SSSR count). The number of unbranched alkanes of at least 4 members (excludes halogenated alkanes) is 22. The molecular weight excluding hydrogens is 877 g/mol. The van der Waals surface area contributed by atoms with E-state index in [9.17, 15) is 14.4 Å². The Morgan fingerprint density at radius 3 is 1.01 bits per heavy atom. The molecule has 0 aromatic heterocycles. The Balaban J connectivity index is 4.58. The SMILES string of the molecule is CC/C=C\C/C=C\C/C=C\C/C=C\C/C=C\C/C=C\CCC(=O)OCC(COC(=O)CCCCC/C=C\C=C/CCCCCCCCC)OC(=O)CCCCCCC/C=C\C=C/CCCCCCCCC. The molecule has 402 valence electrons. The molecule has 0 heterocycles. The Kier molecular flexibility index (Phi) is 54.9. The molecule has 0 radical (unpaired) electrons. The van der Waals surface area contributed by atoms with Gasteiger partial charge in [-0.25, -0.2) is 0 Å². The van der Waals surface area contributed by atoms with Gasteiger partial charge in [0.2, 0.25) is 0 Å². The first-order valence-electron chi connectivity index (χ1n) is 29.1. The van der Waals surface area contributed by atoms with Gasteiger partial charge in [-0.1, -0.05) is 245 Å². The zero-order valence-corrected chi connectivity index (χ0v) is 45.9. The molecule has 0 saturated heterocycles. The number of ether oxygens (including phenoxy) is 3. The second kappa shape index (κ2) is 58.4. The first-order valence-corrected chi connectivity index (χ1v) is 29.1. The van der Waals surface area contributed by atoms with Crippen LogP contribution in [0.5, 0.6) is 0 Å². The van der Waals surface area contributed by atoms with Crippen LogP contribution in [0.15, 0.2) is 122 Å². The summed E-state index contributed by atoms with van der Waals surface area (Å²) < 4.78 is 16.8. The molecule has 0 aromatic rings. The van der Waals surface area contributed by atoms with Crippen molar-refractivity contribution in [3.05, 3.63) is 122 Å². The van der Waals surface area contributed by atoms with Crippen LogP contribution >= 0.6 is 0 Å². The molecule has 0 amide bonds. The summed E-state index contributed by atoms with van der Waals surface area (Å²) in [5, 5.41) is 0. The lowest BCUT2D eigenvalue weighted by molar-refractivity contribution is -0.166. The molecule has 0 aliphatic rings. The van der Waals surface area contributed by atoms with Crippen molar-refractivity contribution in [2.24, 2.45) is 0 Å². The van der Waals surface area contributed by atoms with E-state index in [2.05, 4.69) is 130 Å². The Bertz CT molecular complexity index is 1500. The fourth-order valence-electron chi connectivity index (χ4n) is 7.63. The van der Waals surface area contributed by atoms with Gasteiger partial charge in [-0.3, -0.25) is 14.4 Å². The van der Waals surface area contributed by atoms with E-state index >= 15 is 0 Å². The van der Waals surface area contributed by atoms with Crippen molar-refractivity contribution in [1.29, 1.82) is 0 Å². The van der Waals surface area contributed by atoms with Crippen molar-refractivity contribution < 1.29 is 28.6 Å². The van der Waals surface area contributed by atoms with Gasteiger partial charge in [0.1, 0.15) is 13.2 Å². The molecule has 71 heavy (non-hydrogen) atoms. The van der Waals surface area contributed by atoms with Crippen LogP contribution in [0.3, 0.4) is 0 Å². The van der Waals surface area contributed by atoms with Crippen molar-refractivity contribution in [2.75, 3.05) is 13.2 Å². The summed E-state index contributed by atoms with van der Waals surface area (Å²) in [6.07, 6.45) is 80.6. The van der Waals surface area contributed by atoms with Gasteiger partial charge in [0.15, 0.2) is 6.10 Å². The number of carbonyl (C=O) groups is 3. The molecule has 6 nitrogen and oxygen atoms in total. The quantitative estimate of drug-likeness (QED) is 0.0199. The van der Waals surface area contributed by atoms with Crippen molar-refractivity contribution in [2.45, 2.75) is 258 Å². The summed E-state index contributed by atoms with van der Waals surface area (Å²) in [4.78, 5) is 38.1. The highest BCUT2D eigenvalue weighted by Crippen LogP contribution is 2.13. The lowest BCUT2D eigenvalue weighted by Crippen LogP contribution is -2.30. The zero-order chi connectivity index (χ0) is 51.4. The van der Waals surface area contributed by atoms with Crippen molar-refractivity contribution in [3.8, 4) is 0 Å². The third kappa shape index (κ3) is 56.6. The second-order valence-electron chi connectivity index (χ2n) is 18.9. The van der Waals surface area contributed by atoms with Crippen molar-refractivity contribution in [3.63, 3.8) is 0 Å². The molecule has 1 unspecified atom stereocenters. The number of rotatable bonds is 51. The standard InChI is InChI=1S/C65H106O6/c1-4-7-10-13-16-19-22-25-28-31-33-35-37-40-43-46-49-52-55-58-64(67)70-61-62(60-69-63(66)57-54-51-48-45-42-39-36-30-27-24-21-18-15-12-9-6-3)71-65(68)59-56-53-50-47-44-41-38-34-32-29-26-23-20-17-14-11-8-5-2/h7,10,16,19,25,28-30,32-36,38-40,42-43,49,52,62H,4-6,8-9,11-15,17-18,20-24,26-27,31,37,41,44-48,50-51,53-61H2,1-3H3/b10-7-,19-16-,28-25-,32-29-,35-33-,36-30-,38-34-,42-39-,43-40-,52-49-. The highest BCUT2D eigenvalue weighted by atomic mass is 16.6. The molecule has 0 saturated carbocycles. The predicted molar refractivity (Wildman–Crippen MR) is 306 cm³/mol. The van der Waals surface area contributed by atoms with Crippen LogP contribution < -0.4 is 0 Å². The minimum atomic E-state index is -0.832. The van der Waals surface area contributed by atoms with Gasteiger partial charge in [0.25, 0.3) is 0 Å². The summed E-state index contributed by atoms with van der Waals surface area (Å²) in [5.74, 6) is -1.05. The fourth-order valence-corrected chi connectivity index (χ4v) is 7.63. The summed E-state index contributed by atoms with van der Waals surface area (Å²) in [5.41, 5.74) is 0. The highest BCUT2D eigenvalue weighted by molar-refractivity contribution is 5.71. The average Bonchev–Trinajstić information content (AvgIpc) is 3.37. The van der Waals surface area contributed by atoms with Gasteiger partial charge in [-0.2, -0.15) is 0 Å². The van der Waals surface area contributed by atoms with E-state index in [4.69, 9.17) is 14.2 Å². The number of hydrogen-bond donors (Lipinski definition) is 0. The summed E-state index contributed by atoms with van der Waals surface area (Å²) in [7, 11) is 0. The van der Waals surface area contributed by atoms with Gasteiger partial charge in [-0.15, -0.1) is 0 Å². The molecule has 0 bridgehead atoms. The van der Waals surface area contributed by atoms with E-state index in [0.717, 1.165) is 109 Å². The maximum Gasteiger partial charge on any atom is 0.306 e. The number of hydrogen-bond acceptors (Lipinski definition) is 6. The molecule has 1 atom stereocenters. The molecule has 0 aromatic carbocycles. The highest BCUT2D eigenvalue weighted by Gasteiger charge is 2.19. The van der Waals surface area contributed by atoms with Gasteiger partial charge >= 0.3 is 17.9 Å². The monoisotopic (exact) mass is 983 g/mol. The average molecular weight is 984 g/mol. The largest absolute Gasteiger partial charge is 0.462 e. The van der Waals surface area contributed by atoms with Gasteiger partial charge in [0.05, 0.1) is 0 Å². The number of allylic oxidation sites excluding steroid dienone is 20. The van der Waals surface area contributed by atoms with Crippen molar-refractivity contribution >= 4 is 17.9 Å². The van der Waals surface area contributed by atoms with E-state index in [1.807, 2.05) is 12.2 Å². The van der Waals surface area contributed by atoms with Gasteiger partial charge in [-0.05, 0) is 109 Å². The summed E-state index contributed by atoms with van der Waals surface area (Å²) in [6.45, 7) is 6.41. The number of esters is 3. The van der Waals surface area contributed by atoms with E-state index in [0.29, 0.717) is 12.8 Å². The van der Waals surface area contributed by atoms with E-state index in [1.54, 1.807) is 0 Å². The molecule has 0 spiro atoms. The van der Waals surface area contributed by atoms with Crippen molar-refractivity contribution in [1.82, 2.24) is 0 Å². The van der Waals surface area contributed by atoms with Crippen LogP contribution in [0.25, 0.3) is 0 Å². The van der Waals surface area contributed by atoms with Crippen LogP contribution in [-0.4, -0.2) is 37.2 Å². The van der Waals surface area contributed by atoms with Crippen LogP contribution in [0.2, 0.25) is 0 Å². The second-order valence-corrected chi connectivity index (χ2v) is 18.9. The minimum absolute atomic E-state index is 0.124. The topological polar surface area (TPSA) is 78.9 Å². The summed E-state index contributed by atoms with van der Waals surface area (Å²) >= 11 is 0. The van der Waals surface area contributed by atoms with Crippen LogP contribution in [0.4, 0.5) is 0 Å². The molecule has 0 N–H and O–H groups in total. The Hall–Kier alpha value is -4.19. The normalized spacial score (nSPS) is 13.0. The molecular formula is C65H106O6. The van der Waals surface area contributed by atoms with Crippen LogP contribution in [-0.2, 0) is 28.6 Å². The van der Waals surface area contributed by atoms with Gasteiger partial charge in [0, 0.05) is 19.3 Å². The molecule has 0 aliphatic carbocycles. The maximum atomic E-state index is 12.9. The van der Waals surface area contributed by atoms with Crippen LogP contribution in [0.1, 0.15) is 252 Å². The first-order chi connectivity index (χ1) is 35.0. The van der Waals surface area contributed by atoms with E-state index < -0.39 is 6.10 Å². The maximum absolute atomic E-state index is 12.9. The number of carbonyl (C=O) groups excluding carboxylic acids is 3. The van der Waals surface area contributed by atoms with E-state index in [1.165, 1.54) is 96.3 Å². The first kappa shape index (κ1) is 66.8. The molecule has 0 aliphatic heterocycles. The van der Waals surface area contributed by atoms with Gasteiger partial charge < -0.3 is 14.2 Å². The Morgan fingerprint density at radius 2 is 0.620 bits per heavy atom. The third-order valence-corrected chi connectivity index (χ3v) is 12.0. The lowest BCUT2D eigenvalue weighted by Gasteiger charge is -2.18. The lowest BCUT2D eigenvalue weighted by atomic mass is 10.1. The van der Waals surface area contributed by atoms with E-state index in [-0.39, 0.29) is 44.0 Å². The zero-order valence-electron chi connectivity index (χ0n) is 45.9. The predicted octanol–water partition coefficient (Wildman–Crippen LogP) is 19.6. The molecule has 6 heteroatoms. The van der Waals surface area contributed by atoms with Crippen LogP contribution in [0, 0.1) is 0 Å². The Morgan fingerprint density at radius 1 is 0.310 bits per heavy atom. The smallest absolute Gasteiger partial charge is 0.306 e. The minimum Gasteiger partial charge on any atom is -0.462 e. The fraction of sp³-hybridized carbons (Fsp3) is 0.646. The summed E-state index contributed by atoms with van der Waals surface area (Å²) in [6, 6.07) is 0. The Labute approximate surface area is 437 Å². The molecule has 0 fully saturated rings.